The Kier molecular flexibility index (Phi) is 4.13. The van der Waals surface area contributed by atoms with Crippen LogP contribution in [0, 0.1) is 29.6 Å². The van der Waals surface area contributed by atoms with Crippen LogP contribution in [-0.4, -0.2) is 35.2 Å². The average molecular weight is 332 g/mol. The lowest BCUT2D eigenvalue weighted by molar-refractivity contribution is -0.143. The highest BCUT2D eigenvalue weighted by atomic mass is 16.2. The van der Waals surface area contributed by atoms with Crippen molar-refractivity contribution >= 4 is 17.7 Å². The summed E-state index contributed by atoms with van der Waals surface area (Å²) in [7, 11) is 0. The number of hydrogen-bond donors (Lipinski definition) is 1. The Balaban J connectivity index is 1.34. The number of hydrogen-bond acceptors (Lipinski definition) is 3. The topological polar surface area (TPSA) is 66.5 Å². The molecule has 0 spiro atoms. The molecule has 1 N–H and O–H groups in total. The lowest BCUT2D eigenvalue weighted by atomic mass is 9.81. The number of likely N-dealkylation sites (tertiary alicyclic amines) is 1. The van der Waals surface area contributed by atoms with Crippen molar-refractivity contribution < 1.29 is 14.4 Å². The van der Waals surface area contributed by atoms with Crippen molar-refractivity contribution in [3.63, 3.8) is 0 Å². The van der Waals surface area contributed by atoms with E-state index < -0.39 is 0 Å². The molecular weight excluding hydrogens is 304 g/mol. The SMILES string of the molecule is C[C@H](NC(=O)CN1C(=O)[C@H]2CCCC[C@H]2C1=O)[C@@H]1C[C@H]2CC[C@H]1C2. The van der Waals surface area contributed by atoms with Gasteiger partial charge < -0.3 is 5.32 Å². The number of carbonyl (C=O) groups excluding carboxylic acids is 3. The summed E-state index contributed by atoms with van der Waals surface area (Å²) in [6.45, 7) is 1.99. The van der Waals surface area contributed by atoms with Gasteiger partial charge in [-0.05, 0) is 56.8 Å². The molecule has 5 heteroatoms. The van der Waals surface area contributed by atoms with Crippen molar-refractivity contribution in [2.75, 3.05) is 6.54 Å². The van der Waals surface area contributed by atoms with Crippen molar-refractivity contribution in [2.24, 2.45) is 29.6 Å². The van der Waals surface area contributed by atoms with Gasteiger partial charge in [-0.3, -0.25) is 19.3 Å². The van der Waals surface area contributed by atoms with Gasteiger partial charge >= 0.3 is 0 Å². The maximum absolute atomic E-state index is 12.5. The molecule has 4 aliphatic rings. The van der Waals surface area contributed by atoms with Gasteiger partial charge in [0.25, 0.3) is 0 Å². The van der Waals surface area contributed by atoms with E-state index in [-0.39, 0.29) is 42.1 Å². The molecule has 132 valence electrons. The molecule has 24 heavy (non-hydrogen) atoms. The third kappa shape index (κ3) is 2.66. The van der Waals surface area contributed by atoms with Crippen LogP contribution in [-0.2, 0) is 14.4 Å². The summed E-state index contributed by atoms with van der Waals surface area (Å²) in [5.41, 5.74) is 0. The van der Waals surface area contributed by atoms with Gasteiger partial charge in [-0.25, -0.2) is 0 Å². The monoisotopic (exact) mass is 332 g/mol. The first-order chi connectivity index (χ1) is 11.5. The minimum Gasteiger partial charge on any atom is -0.352 e. The Morgan fingerprint density at radius 1 is 1.08 bits per heavy atom. The van der Waals surface area contributed by atoms with E-state index in [9.17, 15) is 14.4 Å². The second-order valence-corrected chi connectivity index (χ2v) is 8.45. The molecular formula is C19H28N2O3. The van der Waals surface area contributed by atoms with Crippen molar-refractivity contribution in [3.05, 3.63) is 0 Å². The molecule has 4 fully saturated rings. The van der Waals surface area contributed by atoms with Gasteiger partial charge in [-0.2, -0.15) is 0 Å². The molecule has 0 aromatic heterocycles. The number of amides is 3. The molecule has 1 saturated heterocycles. The summed E-state index contributed by atoms with van der Waals surface area (Å²) >= 11 is 0. The number of fused-ring (bicyclic) bond motifs is 3. The second kappa shape index (κ2) is 6.16. The van der Waals surface area contributed by atoms with Crippen molar-refractivity contribution in [3.8, 4) is 0 Å². The maximum atomic E-state index is 12.5. The Morgan fingerprint density at radius 3 is 2.29 bits per heavy atom. The molecule has 6 atom stereocenters. The first-order valence-corrected chi connectivity index (χ1v) is 9.69. The standard InChI is InChI=1S/C19H28N2O3/c1-11(16-9-12-6-7-13(16)8-12)20-17(22)10-21-18(23)14-4-2-3-5-15(14)19(21)24/h11-16H,2-10H2,1H3,(H,20,22)/t11-,12-,13-,14-,15+,16-/m0/s1. The van der Waals surface area contributed by atoms with Gasteiger partial charge in [0.15, 0.2) is 0 Å². The quantitative estimate of drug-likeness (QED) is 0.802. The smallest absolute Gasteiger partial charge is 0.240 e. The summed E-state index contributed by atoms with van der Waals surface area (Å²) in [6, 6.07) is 0.142. The second-order valence-electron chi connectivity index (χ2n) is 8.45. The summed E-state index contributed by atoms with van der Waals surface area (Å²) in [5, 5.41) is 3.07. The van der Waals surface area contributed by atoms with E-state index in [0.29, 0.717) is 5.92 Å². The molecule has 3 amide bonds. The zero-order chi connectivity index (χ0) is 16.8. The van der Waals surface area contributed by atoms with Crippen LogP contribution >= 0.6 is 0 Å². The molecule has 2 bridgehead atoms. The lowest BCUT2D eigenvalue weighted by Gasteiger charge is -2.29. The number of imide groups is 1. The molecule has 1 aliphatic heterocycles. The fourth-order valence-electron chi connectivity index (χ4n) is 5.84. The van der Waals surface area contributed by atoms with Crippen LogP contribution in [0.3, 0.4) is 0 Å². The van der Waals surface area contributed by atoms with Gasteiger partial charge in [0.1, 0.15) is 6.54 Å². The molecule has 3 saturated carbocycles. The third-order valence-electron chi connectivity index (χ3n) is 7.06. The van der Waals surface area contributed by atoms with Crippen molar-refractivity contribution in [1.82, 2.24) is 10.2 Å². The van der Waals surface area contributed by atoms with Gasteiger partial charge in [-0.15, -0.1) is 0 Å². The molecule has 1 heterocycles. The molecule has 4 rings (SSSR count). The predicted molar refractivity (Wildman–Crippen MR) is 88.7 cm³/mol. The molecule has 0 unspecified atom stereocenters. The minimum atomic E-state index is -0.175. The van der Waals surface area contributed by atoms with E-state index in [1.807, 2.05) is 0 Å². The first kappa shape index (κ1) is 16.1. The van der Waals surface area contributed by atoms with E-state index in [4.69, 9.17) is 0 Å². The van der Waals surface area contributed by atoms with E-state index in [0.717, 1.165) is 37.5 Å². The lowest BCUT2D eigenvalue weighted by Crippen LogP contribution is -2.46. The molecule has 0 aromatic rings. The van der Waals surface area contributed by atoms with Gasteiger partial charge in [0.05, 0.1) is 11.8 Å². The number of carbonyl (C=O) groups is 3. The zero-order valence-electron chi connectivity index (χ0n) is 14.5. The highest BCUT2D eigenvalue weighted by Crippen LogP contribution is 2.49. The van der Waals surface area contributed by atoms with Crippen LogP contribution in [0.25, 0.3) is 0 Å². The van der Waals surface area contributed by atoms with Crippen LogP contribution in [0.4, 0.5) is 0 Å². The average Bonchev–Trinajstić information content (AvgIpc) is 3.26. The largest absolute Gasteiger partial charge is 0.352 e. The fourth-order valence-corrected chi connectivity index (χ4v) is 5.84. The predicted octanol–water partition coefficient (Wildman–Crippen LogP) is 2.10. The summed E-state index contributed by atoms with van der Waals surface area (Å²) < 4.78 is 0. The molecule has 3 aliphatic carbocycles. The van der Waals surface area contributed by atoms with Gasteiger partial charge in [-0.1, -0.05) is 19.3 Å². The normalized spacial score (nSPS) is 39.2. The third-order valence-corrected chi connectivity index (χ3v) is 7.06. The highest BCUT2D eigenvalue weighted by molar-refractivity contribution is 6.07. The molecule has 5 nitrogen and oxygen atoms in total. The summed E-state index contributed by atoms with van der Waals surface area (Å²) in [4.78, 5) is 38.6. The molecule has 0 aromatic carbocycles. The van der Waals surface area contributed by atoms with Crippen molar-refractivity contribution in [1.29, 1.82) is 0 Å². The van der Waals surface area contributed by atoms with E-state index in [1.54, 1.807) is 0 Å². The Bertz CT molecular complexity index is 537. The van der Waals surface area contributed by atoms with E-state index in [1.165, 1.54) is 30.6 Å². The molecule has 0 radical (unpaired) electrons. The van der Waals surface area contributed by atoms with E-state index >= 15 is 0 Å². The maximum Gasteiger partial charge on any atom is 0.240 e. The minimum absolute atomic E-state index is 0.0875. The van der Waals surface area contributed by atoms with Gasteiger partial charge in [0.2, 0.25) is 17.7 Å². The number of nitrogens with zero attached hydrogens (tertiary/aromatic N) is 1. The van der Waals surface area contributed by atoms with Crippen molar-refractivity contribution in [2.45, 2.75) is 64.3 Å². The van der Waals surface area contributed by atoms with Crippen LogP contribution < -0.4 is 5.32 Å². The number of nitrogens with one attached hydrogen (secondary N) is 1. The Hall–Kier alpha value is -1.39. The Morgan fingerprint density at radius 2 is 1.75 bits per heavy atom. The van der Waals surface area contributed by atoms with Crippen LogP contribution in [0.5, 0.6) is 0 Å². The Labute approximate surface area is 143 Å². The van der Waals surface area contributed by atoms with Crippen LogP contribution in [0.15, 0.2) is 0 Å². The van der Waals surface area contributed by atoms with Crippen LogP contribution in [0.1, 0.15) is 58.3 Å². The first-order valence-electron chi connectivity index (χ1n) is 9.69. The van der Waals surface area contributed by atoms with E-state index in [2.05, 4.69) is 12.2 Å². The highest BCUT2D eigenvalue weighted by Gasteiger charge is 2.49. The van der Waals surface area contributed by atoms with Gasteiger partial charge in [0, 0.05) is 6.04 Å². The fraction of sp³-hybridized carbons (Fsp3) is 0.842. The van der Waals surface area contributed by atoms with Crippen LogP contribution in [0.2, 0.25) is 0 Å². The summed E-state index contributed by atoms with van der Waals surface area (Å²) in [5.74, 6) is 1.43. The zero-order valence-corrected chi connectivity index (χ0v) is 14.5. The number of rotatable bonds is 4. The summed E-state index contributed by atoms with van der Waals surface area (Å²) in [6.07, 6.45) is 8.81.